The van der Waals surface area contributed by atoms with Crippen LogP contribution < -0.4 is 0 Å². The molecule has 1 spiro atoms. The van der Waals surface area contributed by atoms with Gasteiger partial charge in [-0.3, -0.25) is 9.69 Å². The highest BCUT2D eigenvalue weighted by molar-refractivity contribution is 6.09. The lowest BCUT2D eigenvalue weighted by molar-refractivity contribution is -0.212. The largest absolute Gasteiger partial charge is 0.490 e. The summed E-state index contributed by atoms with van der Waals surface area (Å²) in [5, 5.41) is 0. The van der Waals surface area contributed by atoms with E-state index in [1.807, 2.05) is 0 Å². The number of halogens is 3. The van der Waals surface area contributed by atoms with E-state index in [-0.39, 0.29) is 12.0 Å². The van der Waals surface area contributed by atoms with Crippen LogP contribution in [0.1, 0.15) is 13.3 Å². The van der Waals surface area contributed by atoms with Crippen LogP contribution in [0.4, 0.5) is 18.0 Å². The molecule has 0 N–H and O–H groups in total. The van der Waals surface area contributed by atoms with E-state index in [9.17, 15) is 27.6 Å². The van der Waals surface area contributed by atoms with Crippen LogP contribution in [0.2, 0.25) is 0 Å². The number of carbonyl (C=O) groups is 3. The summed E-state index contributed by atoms with van der Waals surface area (Å²) in [6.07, 6.45) is -0.362. The van der Waals surface area contributed by atoms with Crippen molar-refractivity contribution in [3.8, 4) is 0 Å². The fourth-order valence-electron chi connectivity index (χ4n) is 3.90. The molecule has 3 rings (SSSR count). The van der Waals surface area contributed by atoms with Crippen LogP contribution in [0.5, 0.6) is 0 Å². The molecule has 0 radical (unpaired) electrons. The van der Waals surface area contributed by atoms with E-state index in [0.717, 1.165) is 4.90 Å². The smallest absolute Gasteiger partial charge is 0.448 e. The van der Waals surface area contributed by atoms with Gasteiger partial charge in [0, 0.05) is 25.6 Å². The molecular weight excluding hydrogens is 329 g/mol. The summed E-state index contributed by atoms with van der Waals surface area (Å²) in [5.41, 5.74) is -2.63. The van der Waals surface area contributed by atoms with E-state index in [1.165, 1.54) is 32.0 Å². The van der Waals surface area contributed by atoms with E-state index < -0.39 is 41.1 Å². The lowest BCUT2D eigenvalue weighted by atomic mass is 9.77. The number of likely N-dealkylation sites (N-methyl/N-ethyl adjacent to an activating group) is 2. The van der Waals surface area contributed by atoms with E-state index in [4.69, 9.17) is 4.74 Å². The zero-order valence-corrected chi connectivity index (χ0v) is 13.2. The minimum Gasteiger partial charge on any atom is -0.448 e. The monoisotopic (exact) mass is 344 g/mol. The number of amides is 3. The fourth-order valence-corrected chi connectivity index (χ4v) is 3.90. The molecule has 0 bridgehead atoms. The molecule has 1 heterocycles. The SMILES string of the molecule is CN1C(=O)C2=C[C@](C)(OC(=O)C(F)(F)F)[C@H]3C=CCC23N(C)C1=O. The number of esters is 1. The van der Waals surface area contributed by atoms with Gasteiger partial charge in [0.25, 0.3) is 5.91 Å². The highest BCUT2D eigenvalue weighted by atomic mass is 19.4. The van der Waals surface area contributed by atoms with Gasteiger partial charge in [-0.15, -0.1) is 0 Å². The van der Waals surface area contributed by atoms with Crippen molar-refractivity contribution in [1.82, 2.24) is 9.80 Å². The molecule has 6 nitrogen and oxygen atoms in total. The van der Waals surface area contributed by atoms with Crippen molar-refractivity contribution in [2.45, 2.75) is 30.7 Å². The molecule has 2 aliphatic carbocycles. The van der Waals surface area contributed by atoms with Gasteiger partial charge in [-0.1, -0.05) is 12.2 Å². The van der Waals surface area contributed by atoms with Gasteiger partial charge < -0.3 is 9.64 Å². The van der Waals surface area contributed by atoms with Gasteiger partial charge in [-0.25, -0.2) is 9.59 Å². The lowest BCUT2D eigenvalue weighted by Crippen LogP contribution is -2.64. The van der Waals surface area contributed by atoms with Crippen LogP contribution >= 0.6 is 0 Å². The third-order valence-corrected chi connectivity index (χ3v) is 5.04. The van der Waals surface area contributed by atoms with Crippen LogP contribution in [-0.2, 0) is 14.3 Å². The van der Waals surface area contributed by atoms with Crippen molar-refractivity contribution in [2.24, 2.45) is 5.92 Å². The molecule has 0 saturated carbocycles. The van der Waals surface area contributed by atoms with Gasteiger partial charge in [-0.2, -0.15) is 13.2 Å². The summed E-state index contributed by atoms with van der Waals surface area (Å²) in [6, 6.07) is -0.558. The maximum atomic E-state index is 12.6. The summed E-state index contributed by atoms with van der Waals surface area (Å²) in [7, 11) is 2.78. The third-order valence-electron chi connectivity index (χ3n) is 5.04. The molecule has 1 aliphatic heterocycles. The van der Waals surface area contributed by atoms with E-state index in [0.29, 0.717) is 0 Å². The molecule has 0 aromatic heterocycles. The van der Waals surface area contributed by atoms with Crippen LogP contribution in [-0.4, -0.2) is 59.1 Å². The van der Waals surface area contributed by atoms with Crippen molar-refractivity contribution < 1.29 is 32.3 Å². The zero-order valence-electron chi connectivity index (χ0n) is 13.2. The molecule has 1 unspecified atom stereocenters. The van der Waals surface area contributed by atoms with Crippen LogP contribution in [0.25, 0.3) is 0 Å². The van der Waals surface area contributed by atoms with Gasteiger partial charge >= 0.3 is 18.2 Å². The number of imide groups is 1. The maximum Gasteiger partial charge on any atom is 0.490 e. The third kappa shape index (κ3) is 1.87. The molecule has 1 saturated heterocycles. The zero-order chi connectivity index (χ0) is 18.1. The Morgan fingerprint density at radius 2 is 1.96 bits per heavy atom. The summed E-state index contributed by atoms with van der Waals surface area (Å²) in [6.45, 7) is 1.32. The Bertz CT molecular complexity index is 714. The molecule has 3 amide bonds. The minimum absolute atomic E-state index is 0.166. The number of alkyl halides is 3. The summed E-state index contributed by atoms with van der Waals surface area (Å²) in [4.78, 5) is 38.3. The summed E-state index contributed by atoms with van der Waals surface area (Å²) in [5.74, 6) is -3.69. The maximum absolute atomic E-state index is 12.6. The Morgan fingerprint density at radius 3 is 2.54 bits per heavy atom. The topological polar surface area (TPSA) is 66.9 Å². The van der Waals surface area contributed by atoms with Crippen molar-refractivity contribution in [3.63, 3.8) is 0 Å². The normalized spacial score (nSPS) is 35.1. The van der Waals surface area contributed by atoms with Crippen molar-refractivity contribution in [1.29, 1.82) is 0 Å². The molecule has 9 heteroatoms. The van der Waals surface area contributed by atoms with Gasteiger partial charge in [0.1, 0.15) is 5.60 Å². The van der Waals surface area contributed by atoms with Crippen LogP contribution in [0.15, 0.2) is 23.8 Å². The molecule has 1 fully saturated rings. The van der Waals surface area contributed by atoms with Gasteiger partial charge in [-0.05, 0) is 19.4 Å². The molecular formula is C15H15F3N2O4. The second kappa shape index (κ2) is 4.61. The lowest BCUT2D eigenvalue weighted by Gasteiger charge is -2.48. The Labute approximate surface area is 135 Å². The molecule has 3 atom stereocenters. The highest BCUT2D eigenvalue weighted by Crippen LogP contribution is 2.55. The standard InChI is InChI=1S/C15H15F3N2O4/c1-13(24-11(22)15(16,17)18)7-8-10(21)19(2)12(23)20(3)14(8)6-4-5-9(13)14/h4-5,7,9H,6H2,1-3H3/t9-,13+,14?/m1/s1. The fraction of sp³-hybridized carbons (Fsp3) is 0.533. The van der Waals surface area contributed by atoms with Gasteiger partial charge in [0.05, 0.1) is 5.54 Å². The summed E-state index contributed by atoms with van der Waals surface area (Å²) < 4.78 is 42.6. The Hall–Kier alpha value is -2.32. The number of hydrogen-bond donors (Lipinski definition) is 0. The van der Waals surface area contributed by atoms with Gasteiger partial charge in [0.2, 0.25) is 0 Å². The number of urea groups is 1. The number of rotatable bonds is 1. The predicted octanol–water partition coefficient (Wildman–Crippen LogP) is 1.63. The quantitative estimate of drug-likeness (QED) is 0.536. The van der Waals surface area contributed by atoms with Gasteiger partial charge in [0.15, 0.2) is 0 Å². The average molecular weight is 344 g/mol. The molecule has 3 aliphatic rings. The first-order chi connectivity index (χ1) is 10.9. The van der Waals surface area contributed by atoms with Crippen molar-refractivity contribution in [2.75, 3.05) is 14.1 Å². The molecule has 24 heavy (non-hydrogen) atoms. The second-order valence-corrected chi connectivity index (χ2v) is 6.37. The van der Waals surface area contributed by atoms with Crippen molar-refractivity contribution >= 4 is 17.9 Å². The summed E-state index contributed by atoms with van der Waals surface area (Å²) >= 11 is 0. The minimum atomic E-state index is -5.15. The predicted molar refractivity (Wildman–Crippen MR) is 74.5 cm³/mol. The molecule has 0 aromatic rings. The first kappa shape index (κ1) is 16.5. The highest BCUT2D eigenvalue weighted by Gasteiger charge is 2.66. The van der Waals surface area contributed by atoms with Crippen LogP contribution in [0, 0.1) is 5.92 Å². The number of ether oxygens (including phenoxy) is 1. The van der Waals surface area contributed by atoms with E-state index >= 15 is 0 Å². The number of hydrogen-bond acceptors (Lipinski definition) is 4. The Balaban J connectivity index is 2.08. The van der Waals surface area contributed by atoms with Crippen molar-refractivity contribution in [3.05, 3.63) is 23.8 Å². The first-order valence-corrected chi connectivity index (χ1v) is 7.21. The van der Waals surface area contributed by atoms with E-state index in [1.54, 1.807) is 12.2 Å². The second-order valence-electron chi connectivity index (χ2n) is 6.37. The molecule has 130 valence electrons. The van der Waals surface area contributed by atoms with Crippen LogP contribution in [0.3, 0.4) is 0 Å². The Kier molecular flexibility index (Phi) is 3.18. The molecule has 0 aromatic carbocycles. The Morgan fingerprint density at radius 1 is 1.33 bits per heavy atom. The average Bonchev–Trinajstić information content (AvgIpc) is 3.02. The number of carbonyl (C=O) groups excluding carboxylic acids is 3. The van der Waals surface area contributed by atoms with E-state index in [2.05, 4.69) is 0 Å². The number of nitrogens with zero attached hydrogens (tertiary/aromatic N) is 2. The first-order valence-electron chi connectivity index (χ1n) is 7.21.